The second kappa shape index (κ2) is 5.96. The minimum absolute atomic E-state index is 0.670. The molecule has 110 valence electrons. The van der Waals surface area contributed by atoms with Gasteiger partial charge in [0, 0.05) is 11.8 Å². The smallest absolute Gasteiger partial charge is 0.00578 e. The molecular formula is C22H22. The van der Waals surface area contributed by atoms with Gasteiger partial charge in [0.15, 0.2) is 0 Å². The number of allylic oxidation sites excluding steroid dienone is 4. The van der Waals surface area contributed by atoms with E-state index >= 15 is 0 Å². The fourth-order valence-corrected chi connectivity index (χ4v) is 3.59. The van der Waals surface area contributed by atoms with E-state index in [1.807, 2.05) is 0 Å². The molecule has 2 aromatic rings. The van der Waals surface area contributed by atoms with Gasteiger partial charge in [-0.05, 0) is 36.8 Å². The lowest BCUT2D eigenvalue weighted by molar-refractivity contribution is 0.645. The van der Waals surface area contributed by atoms with Crippen molar-refractivity contribution in [3.8, 4) is 0 Å². The molecule has 0 amide bonds. The third-order valence-electron chi connectivity index (χ3n) is 5.06. The Balaban J connectivity index is 1.27. The Kier molecular flexibility index (Phi) is 3.68. The minimum Gasteiger partial charge on any atom is -0.0774 e. The summed E-state index contributed by atoms with van der Waals surface area (Å²) in [5.74, 6) is 1.34. The van der Waals surface area contributed by atoms with Crippen molar-refractivity contribution < 1.29 is 0 Å². The van der Waals surface area contributed by atoms with E-state index in [0.717, 1.165) is 0 Å². The highest BCUT2D eigenvalue weighted by Crippen LogP contribution is 2.41. The lowest BCUT2D eigenvalue weighted by atomic mass is 9.76. The van der Waals surface area contributed by atoms with Crippen LogP contribution in [0.5, 0.6) is 0 Å². The summed E-state index contributed by atoms with van der Waals surface area (Å²) in [5, 5.41) is 0. The fourth-order valence-electron chi connectivity index (χ4n) is 3.59. The molecule has 2 atom stereocenters. The summed E-state index contributed by atoms with van der Waals surface area (Å²) in [4.78, 5) is 0. The third-order valence-corrected chi connectivity index (χ3v) is 5.06. The minimum atomic E-state index is 0.670. The first kappa shape index (κ1) is 13.6. The normalized spacial score (nSPS) is 23.1. The first-order chi connectivity index (χ1) is 10.9. The molecule has 0 aliphatic heterocycles. The predicted molar refractivity (Wildman–Crippen MR) is 93.0 cm³/mol. The van der Waals surface area contributed by atoms with Crippen molar-refractivity contribution >= 4 is 0 Å². The van der Waals surface area contributed by atoms with Crippen molar-refractivity contribution in [2.24, 2.45) is 0 Å². The van der Waals surface area contributed by atoms with Gasteiger partial charge in [-0.2, -0.15) is 0 Å². The number of benzene rings is 2. The standard InChI is InChI=1S/C22H22/c1-3-7-19(8-4-1)21-13-17(14-21)11-12-18-15-22(16-18)20-9-5-2-6-10-20/h1-10,13,15,21-22H,11-12,14,16H2. The molecule has 0 bridgehead atoms. The molecule has 0 spiro atoms. The molecule has 2 unspecified atom stereocenters. The lowest BCUT2D eigenvalue weighted by Crippen LogP contribution is -2.11. The maximum atomic E-state index is 2.48. The first-order valence-corrected chi connectivity index (χ1v) is 8.37. The topological polar surface area (TPSA) is 0 Å². The van der Waals surface area contributed by atoms with E-state index in [1.54, 1.807) is 11.1 Å². The Morgan fingerprint density at radius 1 is 0.591 bits per heavy atom. The largest absolute Gasteiger partial charge is 0.0774 e. The van der Waals surface area contributed by atoms with Gasteiger partial charge in [0.1, 0.15) is 0 Å². The van der Waals surface area contributed by atoms with Gasteiger partial charge in [-0.25, -0.2) is 0 Å². The van der Waals surface area contributed by atoms with E-state index in [1.165, 1.54) is 36.8 Å². The van der Waals surface area contributed by atoms with Crippen molar-refractivity contribution in [2.75, 3.05) is 0 Å². The highest BCUT2D eigenvalue weighted by molar-refractivity contribution is 5.36. The molecular weight excluding hydrogens is 264 g/mol. The van der Waals surface area contributed by atoms with Crippen LogP contribution in [0.4, 0.5) is 0 Å². The zero-order valence-electron chi connectivity index (χ0n) is 12.9. The van der Waals surface area contributed by atoms with E-state index in [2.05, 4.69) is 72.8 Å². The van der Waals surface area contributed by atoms with Crippen LogP contribution in [-0.4, -0.2) is 0 Å². The van der Waals surface area contributed by atoms with E-state index in [4.69, 9.17) is 0 Å². The molecule has 0 aromatic heterocycles. The molecule has 2 aliphatic rings. The van der Waals surface area contributed by atoms with Crippen molar-refractivity contribution in [1.82, 2.24) is 0 Å². The molecule has 2 aliphatic carbocycles. The van der Waals surface area contributed by atoms with Crippen molar-refractivity contribution in [3.63, 3.8) is 0 Å². The Morgan fingerprint density at radius 2 is 0.955 bits per heavy atom. The second-order valence-corrected chi connectivity index (χ2v) is 6.59. The predicted octanol–water partition coefficient (Wildman–Crippen LogP) is 5.99. The van der Waals surface area contributed by atoms with E-state index in [-0.39, 0.29) is 0 Å². The Hall–Kier alpha value is -2.08. The number of hydrogen-bond acceptors (Lipinski definition) is 0. The van der Waals surface area contributed by atoms with Crippen molar-refractivity contribution in [3.05, 3.63) is 95.1 Å². The summed E-state index contributed by atoms with van der Waals surface area (Å²) in [5.41, 5.74) is 6.24. The Bertz CT molecular complexity index is 628. The number of rotatable bonds is 5. The summed E-state index contributed by atoms with van der Waals surface area (Å²) < 4.78 is 0. The van der Waals surface area contributed by atoms with Gasteiger partial charge in [-0.15, -0.1) is 0 Å². The summed E-state index contributed by atoms with van der Waals surface area (Å²) in [6.45, 7) is 0. The molecule has 2 aromatic carbocycles. The Labute approximate surface area is 133 Å². The molecule has 0 radical (unpaired) electrons. The monoisotopic (exact) mass is 286 g/mol. The Morgan fingerprint density at radius 3 is 1.32 bits per heavy atom. The average Bonchev–Trinajstić information content (AvgIpc) is 2.49. The SMILES string of the molecule is C1=C(CCC2=CC(c3ccccc3)C2)CC1c1ccccc1. The lowest BCUT2D eigenvalue weighted by Gasteiger charge is -2.29. The van der Waals surface area contributed by atoms with Gasteiger partial charge < -0.3 is 0 Å². The van der Waals surface area contributed by atoms with Crippen LogP contribution >= 0.6 is 0 Å². The molecule has 0 nitrogen and oxygen atoms in total. The van der Waals surface area contributed by atoms with Crippen LogP contribution < -0.4 is 0 Å². The van der Waals surface area contributed by atoms with E-state index in [0.29, 0.717) is 11.8 Å². The molecule has 0 saturated heterocycles. The maximum absolute atomic E-state index is 2.48. The van der Waals surface area contributed by atoms with Crippen molar-refractivity contribution in [1.29, 1.82) is 0 Å². The van der Waals surface area contributed by atoms with Gasteiger partial charge in [0.25, 0.3) is 0 Å². The summed E-state index contributed by atoms with van der Waals surface area (Å²) >= 11 is 0. The van der Waals surface area contributed by atoms with Crippen LogP contribution in [0, 0.1) is 0 Å². The first-order valence-electron chi connectivity index (χ1n) is 8.37. The van der Waals surface area contributed by atoms with Gasteiger partial charge in [-0.1, -0.05) is 84.0 Å². The molecule has 0 heteroatoms. The molecule has 0 saturated carbocycles. The van der Waals surface area contributed by atoms with Crippen LogP contribution in [-0.2, 0) is 0 Å². The highest BCUT2D eigenvalue weighted by Gasteiger charge is 2.23. The van der Waals surface area contributed by atoms with Gasteiger partial charge in [-0.3, -0.25) is 0 Å². The summed E-state index contributed by atoms with van der Waals surface area (Å²) in [6.07, 6.45) is 10.00. The van der Waals surface area contributed by atoms with Crippen LogP contribution in [0.3, 0.4) is 0 Å². The zero-order chi connectivity index (χ0) is 14.8. The van der Waals surface area contributed by atoms with E-state index < -0.39 is 0 Å². The van der Waals surface area contributed by atoms with Gasteiger partial charge in [0.05, 0.1) is 0 Å². The average molecular weight is 286 g/mol. The van der Waals surface area contributed by atoms with E-state index in [9.17, 15) is 0 Å². The molecule has 0 N–H and O–H groups in total. The van der Waals surface area contributed by atoms with Crippen LogP contribution in [0.25, 0.3) is 0 Å². The summed E-state index contributed by atoms with van der Waals surface area (Å²) in [7, 11) is 0. The quantitative estimate of drug-likeness (QED) is 0.592. The number of hydrogen-bond donors (Lipinski definition) is 0. The molecule has 4 rings (SSSR count). The van der Waals surface area contributed by atoms with Crippen LogP contribution in [0.2, 0.25) is 0 Å². The molecule has 22 heavy (non-hydrogen) atoms. The molecule has 0 fully saturated rings. The van der Waals surface area contributed by atoms with Gasteiger partial charge in [0.2, 0.25) is 0 Å². The fraction of sp³-hybridized carbons (Fsp3) is 0.273. The third kappa shape index (κ3) is 2.78. The van der Waals surface area contributed by atoms with Crippen LogP contribution in [0.15, 0.2) is 84.0 Å². The zero-order valence-corrected chi connectivity index (χ0v) is 12.9. The van der Waals surface area contributed by atoms with Gasteiger partial charge >= 0.3 is 0 Å². The maximum Gasteiger partial charge on any atom is 0.00578 e. The van der Waals surface area contributed by atoms with Crippen LogP contribution in [0.1, 0.15) is 48.6 Å². The highest BCUT2D eigenvalue weighted by atomic mass is 14.3. The van der Waals surface area contributed by atoms with Crippen molar-refractivity contribution in [2.45, 2.75) is 37.5 Å². The molecule has 0 heterocycles. The second-order valence-electron chi connectivity index (χ2n) is 6.59. The summed E-state index contributed by atoms with van der Waals surface area (Å²) in [6, 6.07) is 21.8.